The minimum absolute atomic E-state index is 0.00540. The molecule has 0 saturated carbocycles. The van der Waals surface area contributed by atoms with E-state index in [4.69, 9.17) is 9.44 Å². The molecule has 78 heavy (non-hydrogen) atoms. The molecule has 27 heteroatoms. The van der Waals surface area contributed by atoms with E-state index in [1.54, 1.807) is 6.07 Å². The lowest BCUT2D eigenvalue weighted by Gasteiger charge is -2.33. The van der Waals surface area contributed by atoms with Gasteiger partial charge in [-0.1, -0.05) is 106 Å². The van der Waals surface area contributed by atoms with Crippen molar-refractivity contribution in [3.05, 3.63) is 23.8 Å². The van der Waals surface area contributed by atoms with Crippen LogP contribution in [0.3, 0.4) is 0 Å². The lowest BCUT2D eigenvalue weighted by molar-refractivity contribution is -0.433. The zero-order chi connectivity index (χ0) is 57.5. The van der Waals surface area contributed by atoms with Gasteiger partial charge < -0.3 is 76.3 Å². The van der Waals surface area contributed by atoms with Crippen molar-refractivity contribution in [2.24, 2.45) is 5.92 Å². The van der Waals surface area contributed by atoms with Gasteiger partial charge in [-0.3, -0.25) is 33.6 Å². The van der Waals surface area contributed by atoms with Crippen LogP contribution in [-0.4, -0.2) is 185 Å². The number of nitriles is 1. The predicted octanol–water partition coefficient (Wildman–Crippen LogP) is -0.215. The molecule has 438 valence electrons. The molecule has 1 aromatic carbocycles. The summed E-state index contributed by atoms with van der Waals surface area (Å²) in [4.78, 5) is 101. The molecule has 0 spiro atoms. The van der Waals surface area contributed by atoms with E-state index >= 15 is 0 Å². The van der Waals surface area contributed by atoms with Gasteiger partial charge in [0.2, 0.25) is 41.4 Å². The fourth-order valence-corrected chi connectivity index (χ4v) is 10.1. The number of phenols is 1. The molecule has 0 bridgehead atoms. The Balaban J connectivity index is 1.66. The first-order chi connectivity index (χ1) is 37.2. The Morgan fingerprint density at radius 2 is 1.38 bits per heavy atom. The van der Waals surface area contributed by atoms with Crippen LogP contribution in [0.15, 0.2) is 18.2 Å². The van der Waals surface area contributed by atoms with Gasteiger partial charge in [0.1, 0.15) is 36.3 Å². The number of phenolic OH excluding ortho intramolecular Hbond substituents is 1. The molecule has 3 saturated heterocycles. The van der Waals surface area contributed by atoms with Crippen LogP contribution in [-0.2, 0) is 49.4 Å². The van der Waals surface area contributed by atoms with E-state index in [-0.39, 0.29) is 36.6 Å². The van der Waals surface area contributed by atoms with Crippen molar-refractivity contribution in [2.45, 2.75) is 209 Å². The van der Waals surface area contributed by atoms with Gasteiger partial charge in [-0.15, -0.1) is 0 Å². The summed E-state index contributed by atoms with van der Waals surface area (Å²) < 4.78 is 9.28. The number of benzene rings is 1. The van der Waals surface area contributed by atoms with Crippen LogP contribution >= 0.6 is 12.3 Å². The molecule has 13 N–H and O–H groups in total. The van der Waals surface area contributed by atoms with E-state index in [1.807, 2.05) is 0 Å². The Kier molecular flexibility index (Phi) is 27.7. The molecule has 3 heterocycles. The summed E-state index contributed by atoms with van der Waals surface area (Å²) in [6.45, 7) is 3.36. The molecule has 26 nitrogen and oxygen atoms in total. The van der Waals surface area contributed by atoms with E-state index in [2.05, 4.69) is 42.9 Å². The molecule has 0 aliphatic carbocycles. The van der Waals surface area contributed by atoms with Crippen molar-refractivity contribution >= 4 is 53.7 Å². The number of aliphatic hydroxyl groups is 6. The summed E-state index contributed by atoms with van der Waals surface area (Å²) in [5.41, 5.74) is 0.124. The molecule has 0 radical (unpaired) electrons. The molecule has 1 aromatic rings. The minimum atomic E-state index is -2.12. The molecule has 0 unspecified atom stereocenters. The maximum absolute atomic E-state index is 14.5. The summed E-state index contributed by atoms with van der Waals surface area (Å²) in [7, 11) is 0. The molecule has 3 aliphatic heterocycles. The number of amides is 7. The van der Waals surface area contributed by atoms with Crippen LogP contribution in [0.2, 0.25) is 0 Å². The number of nitrogens with one attached hydrogen (secondary N) is 5. The Morgan fingerprint density at radius 1 is 0.782 bits per heavy atom. The van der Waals surface area contributed by atoms with Crippen molar-refractivity contribution in [1.29, 1.82) is 5.26 Å². The number of aromatic hydroxyl groups is 1. The lowest BCUT2D eigenvalue weighted by atomic mass is 9.98. The van der Waals surface area contributed by atoms with Gasteiger partial charge in [0.25, 0.3) is 12.3 Å². The number of rotatable bonds is 25. The van der Waals surface area contributed by atoms with Gasteiger partial charge >= 0.3 is 0 Å². The topological polar surface area (TPSA) is 399 Å². The summed E-state index contributed by atoms with van der Waals surface area (Å²) in [6.07, 6.45) is 1.30. The number of carbonyl (C=O) groups excluding carboxylic acids is 7. The predicted molar refractivity (Wildman–Crippen MR) is 277 cm³/mol. The highest BCUT2D eigenvalue weighted by Gasteiger charge is 2.49. The number of nitrogens with zero attached hydrogens (tertiary/aromatic N) is 3. The van der Waals surface area contributed by atoms with Crippen molar-refractivity contribution in [3.63, 3.8) is 0 Å². The largest absolute Gasteiger partial charge is 0.504 e. The van der Waals surface area contributed by atoms with Crippen molar-refractivity contribution in [2.75, 3.05) is 19.6 Å². The van der Waals surface area contributed by atoms with Crippen molar-refractivity contribution in [3.8, 4) is 17.6 Å². The summed E-state index contributed by atoms with van der Waals surface area (Å²) in [5.74, 6) is -9.03. The van der Waals surface area contributed by atoms with Crippen LogP contribution in [0.1, 0.15) is 135 Å². The molecular formula is C51H80N8O18S. The van der Waals surface area contributed by atoms with E-state index < -0.39 is 165 Å². The average Bonchev–Trinajstić information content (AvgIpc) is 3.98. The van der Waals surface area contributed by atoms with Crippen molar-refractivity contribution in [1.82, 2.24) is 36.4 Å². The summed E-state index contributed by atoms with van der Waals surface area (Å²) >= 11 is 0.0782. The number of unbranched alkanes of at least 4 members (excludes halogenated alkanes) is 12. The fourth-order valence-electron chi connectivity index (χ4n) is 9.87. The quantitative estimate of drug-likeness (QED) is 0.0261. The van der Waals surface area contributed by atoms with Crippen LogP contribution in [0.5, 0.6) is 11.5 Å². The first kappa shape index (κ1) is 65.1. The average molecular weight is 1130 g/mol. The van der Waals surface area contributed by atoms with E-state index in [1.165, 1.54) is 64.0 Å². The van der Waals surface area contributed by atoms with Gasteiger partial charge in [-0.2, -0.15) is 5.26 Å². The van der Waals surface area contributed by atoms with Crippen LogP contribution < -0.4 is 30.8 Å². The smallest absolute Gasteiger partial charge is 0.261 e. The molecule has 3 fully saturated rings. The van der Waals surface area contributed by atoms with E-state index in [9.17, 15) is 74.6 Å². The maximum atomic E-state index is 14.5. The fraction of sp³-hybridized carbons (Fsp3) is 0.725. The third-order valence-corrected chi connectivity index (χ3v) is 14.6. The maximum Gasteiger partial charge on any atom is 0.261 e. The van der Waals surface area contributed by atoms with E-state index in [0.717, 1.165) is 54.9 Å². The number of carbonyl (C=O) groups is 7. The SMILES string of the molecule is CCCCCCCCCCCCCCCC(=O)N[C@H]1C[C@H](O)CNC(=O)[C@@H]2[C@@H](O)[C@H](C)CN2C(=O)[C@H]([C@H](O)CC#N)NC(=O)[C@H]([C@H](O)Cc2ccc(O)c(OSOOO)c2)NC(=O)[C@@H]2C[C@H](O)CN2C(=O)[C@H]([C@H](C)O)NC1=O. The molecule has 7 amide bonds. The second-order valence-corrected chi connectivity index (χ2v) is 21.0. The standard InChI is InChI=1S/C51H80N8O18S/c1-4-5-6-7-8-9-10-11-12-13-14-15-16-17-40(66)54-34-24-32(61)26-53-49(71)44-45(67)29(2)27-59(44)51(73)43(37(64)20-21-52)57-48(70)42(38(65)22-31-18-19-36(63)39(23-31)75-78-77-76-74)56-47(69)35-25-33(62)28-58(35)50(72)41(30(3)60)55-46(34)68/h18-19,23,29-30,32-35,37-38,41-45,60-65,67,74H,4-17,20,22,24-28H2,1-3H3,(H,53,71)(H,54,66)(H,55,68)(H,56,69)(H,57,70)/t29-,30+,32+,33+,34+,35+,37-,38-,41+,42+,43+,44+,45+/m1/s1. The Morgan fingerprint density at radius 3 is 2.00 bits per heavy atom. The highest BCUT2D eigenvalue weighted by atomic mass is 32.2. The van der Waals surface area contributed by atoms with Gasteiger partial charge in [-0.05, 0) is 31.0 Å². The first-order valence-corrected chi connectivity index (χ1v) is 27.6. The minimum Gasteiger partial charge on any atom is -0.504 e. The normalized spacial score (nSPS) is 27.0. The third-order valence-electron chi connectivity index (χ3n) is 14.2. The molecular weight excluding hydrogens is 1040 g/mol. The van der Waals surface area contributed by atoms with Crippen LogP contribution in [0.25, 0.3) is 0 Å². The van der Waals surface area contributed by atoms with E-state index in [0.29, 0.717) is 6.42 Å². The second-order valence-electron chi connectivity index (χ2n) is 20.5. The van der Waals surface area contributed by atoms with Crippen LogP contribution in [0, 0.1) is 17.2 Å². The molecule has 0 aromatic heterocycles. The number of fused-ring (bicyclic) bond motifs is 2. The zero-order valence-electron chi connectivity index (χ0n) is 44.5. The highest BCUT2D eigenvalue weighted by molar-refractivity contribution is 7.90. The lowest BCUT2D eigenvalue weighted by Crippen LogP contribution is -2.64. The van der Waals surface area contributed by atoms with Crippen molar-refractivity contribution < 1.29 is 88.1 Å². The number of β-amino-alcohol motifs (C(OH)–C–C–N with tert-alkyl or cyclic N) is 1. The zero-order valence-corrected chi connectivity index (χ0v) is 45.3. The highest BCUT2D eigenvalue weighted by Crippen LogP contribution is 2.31. The second kappa shape index (κ2) is 33.2. The number of hydrogen-bond donors (Lipinski definition) is 13. The van der Waals surface area contributed by atoms with Gasteiger partial charge in [0, 0.05) is 51.2 Å². The third kappa shape index (κ3) is 19.7. The molecule has 4 rings (SSSR count). The molecule has 13 atom stereocenters. The Bertz CT molecular complexity index is 2170. The number of aliphatic hydroxyl groups excluding tert-OH is 6. The monoisotopic (exact) mass is 1120 g/mol. The Labute approximate surface area is 458 Å². The van der Waals surface area contributed by atoms with Gasteiger partial charge in [0.15, 0.2) is 11.5 Å². The first-order valence-electron chi connectivity index (χ1n) is 26.9. The van der Waals surface area contributed by atoms with Gasteiger partial charge in [0.05, 0.1) is 49.1 Å². The summed E-state index contributed by atoms with van der Waals surface area (Å²) in [6, 6.07) is -5.77. The number of hydrogen-bond acceptors (Lipinski definition) is 20. The van der Waals surface area contributed by atoms with Gasteiger partial charge in [-0.25, -0.2) is 5.26 Å². The Hall–Kier alpha value is -5.41. The summed E-state index contributed by atoms with van der Waals surface area (Å²) in [5, 5.41) is 111. The molecule has 3 aliphatic rings. The van der Waals surface area contributed by atoms with Crippen LogP contribution in [0.4, 0.5) is 0 Å².